The van der Waals surface area contributed by atoms with Crippen molar-refractivity contribution in [2.45, 2.75) is 38.8 Å². The fourth-order valence-electron chi connectivity index (χ4n) is 1.55. The smallest absolute Gasteiger partial charge is 0.236 e. The van der Waals surface area contributed by atoms with Gasteiger partial charge in [-0.1, -0.05) is 6.92 Å². The van der Waals surface area contributed by atoms with Crippen LogP contribution in [0.25, 0.3) is 0 Å². The van der Waals surface area contributed by atoms with Gasteiger partial charge in [-0.2, -0.15) is 0 Å². The minimum Gasteiger partial charge on any atom is -0.355 e. The molecule has 0 aromatic heterocycles. The van der Waals surface area contributed by atoms with Gasteiger partial charge < -0.3 is 16.0 Å². The molecule has 2 atom stereocenters. The molecule has 15 heavy (non-hydrogen) atoms. The number of hydrogen-bond donors (Lipinski definition) is 3. The third kappa shape index (κ3) is 3.87. The molecule has 0 bridgehead atoms. The highest BCUT2D eigenvalue weighted by Gasteiger charge is 2.24. The lowest BCUT2D eigenvalue weighted by Crippen LogP contribution is -2.47. The first-order chi connectivity index (χ1) is 7.13. The summed E-state index contributed by atoms with van der Waals surface area (Å²) in [6.45, 7) is 5.14. The van der Waals surface area contributed by atoms with Crippen LogP contribution in [0.2, 0.25) is 0 Å². The van der Waals surface area contributed by atoms with Crippen molar-refractivity contribution in [1.82, 2.24) is 16.0 Å². The summed E-state index contributed by atoms with van der Waals surface area (Å²) in [7, 11) is 0. The minimum absolute atomic E-state index is 0.00352. The van der Waals surface area contributed by atoms with Crippen LogP contribution in [0.1, 0.15) is 26.7 Å². The van der Waals surface area contributed by atoms with Crippen LogP contribution in [0.3, 0.4) is 0 Å². The Morgan fingerprint density at radius 1 is 1.67 bits per heavy atom. The number of hydrogen-bond acceptors (Lipinski definition) is 3. The Morgan fingerprint density at radius 2 is 2.40 bits per heavy atom. The molecule has 0 aliphatic carbocycles. The van der Waals surface area contributed by atoms with Crippen molar-refractivity contribution in [1.29, 1.82) is 0 Å². The van der Waals surface area contributed by atoms with Gasteiger partial charge in [0.2, 0.25) is 11.8 Å². The predicted molar refractivity (Wildman–Crippen MR) is 57.3 cm³/mol. The molecule has 1 saturated heterocycles. The number of amides is 2. The van der Waals surface area contributed by atoms with Crippen molar-refractivity contribution < 1.29 is 9.59 Å². The average Bonchev–Trinajstić information content (AvgIpc) is 2.60. The lowest BCUT2D eigenvalue weighted by atomic mass is 10.2. The summed E-state index contributed by atoms with van der Waals surface area (Å²) in [5, 5.41) is 8.66. The Balaban J connectivity index is 2.25. The van der Waals surface area contributed by atoms with Crippen LogP contribution < -0.4 is 16.0 Å². The minimum atomic E-state index is -0.241. The molecule has 2 unspecified atom stereocenters. The van der Waals surface area contributed by atoms with Crippen LogP contribution in [0.15, 0.2) is 0 Å². The summed E-state index contributed by atoms with van der Waals surface area (Å²) < 4.78 is 0. The fourth-order valence-corrected chi connectivity index (χ4v) is 1.55. The second-order valence-electron chi connectivity index (χ2n) is 3.88. The third-order valence-corrected chi connectivity index (χ3v) is 2.41. The van der Waals surface area contributed by atoms with Gasteiger partial charge in [-0.3, -0.25) is 9.59 Å². The van der Waals surface area contributed by atoms with Gasteiger partial charge in [0.1, 0.15) is 0 Å². The number of carbonyl (C=O) groups excluding carboxylic acids is 2. The first kappa shape index (κ1) is 12.0. The molecule has 0 spiro atoms. The van der Waals surface area contributed by atoms with Gasteiger partial charge in [-0.25, -0.2) is 0 Å². The molecule has 1 heterocycles. The molecule has 0 radical (unpaired) electrons. The predicted octanol–water partition coefficient (Wildman–Crippen LogP) is -0.621. The van der Waals surface area contributed by atoms with E-state index in [0.717, 1.165) is 6.42 Å². The highest BCUT2D eigenvalue weighted by atomic mass is 16.2. The Bertz CT molecular complexity index is 243. The lowest BCUT2D eigenvalue weighted by Gasteiger charge is -2.17. The normalized spacial score (nSPS) is 22.3. The van der Waals surface area contributed by atoms with E-state index in [-0.39, 0.29) is 23.9 Å². The van der Waals surface area contributed by atoms with Gasteiger partial charge in [-0.15, -0.1) is 0 Å². The van der Waals surface area contributed by atoms with E-state index in [9.17, 15) is 9.59 Å². The Morgan fingerprint density at radius 3 is 2.93 bits per heavy atom. The van der Waals surface area contributed by atoms with Gasteiger partial charge in [0.05, 0.1) is 6.04 Å². The quantitative estimate of drug-likeness (QED) is 0.570. The molecule has 3 N–H and O–H groups in total. The van der Waals surface area contributed by atoms with Crippen molar-refractivity contribution in [3.63, 3.8) is 0 Å². The van der Waals surface area contributed by atoms with E-state index in [4.69, 9.17) is 0 Å². The van der Waals surface area contributed by atoms with Crippen molar-refractivity contribution in [2.75, 3.05) is 13.1 Å². The number of rotatable bonds is 5. The van der Waals surface area contributed by atoms with Crippen molar-refractivity contribution in [3.05, 3.63) is 0 Å². The standard InChI is InChI=1S/C10H19N3O2/c1-3-4-11-10(15)7(2)13-8-5-9(14)12-6-8/h7-8,13H,3-6H2,1-2H3,(H,11,15)(H,12,14). The maximum absolute atomic E-state index is 11.5. The molecule has 0 saturated carbocycles. The van der Waals surface area contributed by atoms with Crippen LogP contribution in [-0.4, -0.2) is 37.0 Å². The van der Waals surface area contributed by atoms with E-state index in [2.05, 4.69) is 16.0 Å². The number of carbonyl (C=O) groups is 2. The zero-order chi connectivity index (χ0) is 11.3. The van der Waals surface area contributed by atoms with Crippen LogP contribution >= 0.6 is 0 Å². The molecule has 1 rings (SSSR count). The van der Waals surface area contributed by atoms with E-state index in [1.165, 1.54) is 0 Å². The third-order valence-electron chi connectivity index (χ3n) is 2.41. The highest BCUT2D eigenvalue weighted by molar-refractivity contribution is 5.82. The van der Waals surface area contributed by atoms with Crippen molar-refractivity contribution in [2.24, 2.45) is 0 Å². The molecule has 5 heteroatoms. The summed E-state index contributed by atoms with van der Waals surface area (Å²) in [4.78, 5) is 22.4. The Hall–Kier alpha value is -1.10. The molecule has 5 nitrogen and oxygen atoms in total. The van der Waals surface area contributed by atoms with Gasteiger partial charge in [0, 0.05) is 25.6 Å². The largest absolute Gasteiger partial charge is 0.355 e. The molecular weight excluding hydrogens is 194 g/mol. The second kappa shape index (κ2) is 5.70. The SMILES string of the molecule is CCCNC(=O)C(C)NC1CNC(=O)C1. The van der Waals surface area contributed by atoms with E-state index in [1.807, 2.05) is 13.8 Å². The summed E-state index contributed by atoms with van der Waals surface area (Å²) in [5.74, 6) is 0.0462. The van der Waals surface area contributed by atoms with Crippen molar-refractivity contribution >= 4 is 11.8 Å². The molecule has 0 aromatic carbocycles. The summed E-state index contributed by atoms with van der Waals surface area (Å²) in [6.07, 6.45) is 1.40. The van der Waals surface area contributed by atoms with Gasteiger partial charge in [0.25, 0.3) is 0 Å². The van der Waals surface area contributed by atoms with Crippen LogP contribution in [0, 0.1) is 0 Å². The van der Waals surface area contributed by atoms with Gasteiger partial charge in [-0.05, 0) is 13.3 Å². The first-order valence-corrected chi connectivity index (χ1v) is 5.44. The molecular formula is C10H19N3O2. The summed E-state index contributed by atoms with van der Waals surface area (Å²) in [5.41, 5.74) is 0. The Labute approximate surface area is 90.0 Å². The monoisotopic (exact) mass is 213 g/mol. The van der Waals surface area contributed by atoms with E-state index < -0.39 is 0 Å². The maximum atomic E-state index is 11.5. The van der Waals surface area contributed by atoms with E-state index in [0.29, 0.717) is 19.5 Å². The van der Waals surface area contributed by atoms with Crippen LogP contribution in [0.5, 0.6) is 0 Å². The first-order valence-electron chi connectivity index (χ1n) is 5.44. The van der Waals surface area contributed by atoms with Gasteiger partial charge in [0.15, 0.2) is 0 Å². The van der Waals surface area contributed by atoms with E-state index >= 15 is 0 Å². The molecule has 1 aliphatic heterocycles. The van der Waals surface area contributed by atoms with E-state index in [1.54, 1.807) is 0 Å². The fraction of sp³-hybridized carbons (Fsp3) is 0.800. The number of nitrogens with one attached hydrogen (secondary N) is 3. The lowest BCUT2D eigenvalue weighted by molar-refractivity contribution is -0.123. The molecule has 86 valence electrons. The molecule has 1 aliphatic rings. The van der Waals surface area contributed by atoms with Gasteiger partial charge >= 0.3 is 0 Å². The maximum Gasteiger partial charge on any atom is 0.236 e. The summed E-state index contributed by atoms with van der Waals surface area (Å²) in [6, 6.07) is -0.158. The second-order valence-corrected chi connectivity index (χ2v) is 3.88. The zero-order valence-corrected chi connectivity index (χ0v) is 9.30. The van der Waals surface area contributed by atoms with Crippen LogP contribution in [-0.2, 0) is 9.59 Å². The Kier molecular flexibility index (Phi) is 4.55. The highest BCUT2D eigenvalue weighted by Crippen LogP contribution is 2.00. The molecule has 0 aromatic rings. The van der Waals surface area contributed by atoms with Crippen LogP contribution in [0.4, 0.5) is 0 Å². The average molecular weight is 213 g/mol. The topological polar surface area (TPSA) is 70.2 Å². The molecule has 2 amide bonds. The molecule has 1 fully saturated rings. The van der Waals surface area contributed by atoms with Crippen molar-refractivity contribution in [3.8, 4) is 0 Å². The zero-order valence-electron chi connectivity index (χ0n) is 9.30. The summed E-state index contributed by atoms with van der Waals surface area (Å²) >= 11 is 0.